The van der Waals surface area contributed by atoms with Gasteiger partial charge < -0.3 is 15.0 Å². The number of halogens is 1. The zero-order valence-electron chi connectivity index (χ0n) is 10.5. The second kappa shape index (κ2) is 6.04. The molecule has 1 aromatic heterocycles. The molecule has 0 fully saturated rings. The van der Waals surface area contributed by atoms with Crippen molar-refractivity contribution < 1.29 is 4.74 Å². The molecule has 1 aromatic carbocycles. The van der Waals surface area contributed by atoms with Crippen LogP contribution in [0.5, 0.6) is 5.75 Å². The molecule has 0 atom stereocenters. The van der Waals surface area contributed by atoms with Gasteiger partial charge in [-0.15, -0.1) is 0 Å². The summed E-state index contributed by atoms with van der Waals surface area (Å²) in [6.45, 7) is 0.535. The SMILES string of the molecule is Cn1ccnc1CCOc1ccc(C(N)=S)c(Cl)c1. The summed E-state index contributed by atoms with van der Waals surface area (Å²) in [6.07, 6.45) is 4.41. The van der Waals surface area contributed by atoms with Gasteiger partial charge in [0, 0.05) is 31.4 Å². The molecule has 0 aliphatic carbocycles. The fraction of sp³-hybridized carbons (Fsp3) is 0.231. The molecular formula is C13H14ClN3OS. The van der Waals surface area contributed by atoms with E-state index in [4.69, 9.17) is 34.3 Å². The van der Waals surface area contributed by atoms with Crippen LogP contribution in [-0.4, -0.2) is 21.1 Å². The van der Waals surface area contributed by atoms with Crippen LogP contribution in [0, 0.1) is 0 Å². The van der Waals surface area contributed by atoms with Gasteiger partial charge in [-0.25, -0.2) is 4.98 Å². The number of imidazole rings is 1. The predicted molar refractivity (Wildman–Crippen MR) is 79.7 cm³/mol. The van der Waals surface area contributed by atoms with Gasteiger partial charge >= 0.3 is 0 Å². The van der Waals surface area contributed by atoms with E-state index >= 15 is 0 Å². The highest BCUT2D eigenvalue weighted by Crippen LogP contribution is 2.22. The Morgan fingerprint density at radius 2 is 2.32 bits per heavy atom. The number of thiocarbonyl (C=S) groups is 1. The van der Waals surface area contributed by atoms with Crippen molar-refractivity contribution in [2.75, 3.05) is 6.61 Å². The van der Waals surface area contributed by atoms with E-state index in [1.54, 1.807) is 24.4 Å². The minimum Gasteiger partial charge on any atom is -0.493 e. The van der Waals surface area contributed by atoms with E-state index in [0.29, 0.717) is 22.9 Å². The average Bonchev–Trinajstić information content (AvgIpc) is 2.75. The smallest absolute Gasteiger partial charge is 0.120 e. The molecule has 1 heterocycles. The minimum absolute atomic E-state index is 0.282. The van der Waals surface area contributed by atoms with E-state index in [1.807, 2.05) is 17.8 Å². The van der Waals surface area contributed by atoms with Crippen LogP contribution in [0.2, 0.25) is 5.02 Å². The van der Waals surface area contributed by atoms with E-state index in [2.05, 4.69) is 4.98 Å². The summed E-state index contributed by atoms with van der Waals surface area (Å²) in [7, 11) is 1.95. The van der Waals surface area contributed by atoms with E-state index in [-0.39, 0.29) is 4.99 Å². The predicted octanol–water partition coefficient (Wildman–Crippen LogP) is 2.33. The summed E-state index contributed by atoms with van der Waals surface area (Å²) in [5, 5.41) is 0.502. The molecule has 19 heavy (non-hydrogen) atoms. The van der Waals surface area contributed by atoms with Crippen LogP contribution >= 0.6 is 23.8 Å². The Bertz CT molecular complexity index is 597. The van der Waals surface area contributed by atoms with Crippen molar-refractivity contribution in [2.24, 2.45) is 12.8 Å². The Balaban J connectivity index is 1.95. The third-order valence-electron chi connectivity index (χ3n) is 2.72. The van der Waals surface area contributed by atoms with Crippen molar-refractivity contribution in [3.05, 3.63) is 47.0 Å². The molecule has 2 N–H and O–H groups in total. The summed E-state index contributed by atoms with van der Waals surface area (Å²) in [5.41, 5.74) is 6.20. The summed E-state index contributed by atoms with van der Waals surface area (Å²) >= 11 is 11.0. The van der Waals surface area contributed by atoms with Crippen molar-refractivity contribution in [1.29, 1.82) is 0 Å². The molecule has 0 spiro atoms. The Morgan fingerprint density at radius 1 is 1.53 bits per heavy atom. The largest absolute Gasteiger partial charge is 0.493 e. The van der Waals surface area contributed by atoms with Crippen molar-refractivity contribution >= 4 is 28.8 Å². The van der Waals surface area contributed by atoms with Crippen LogP contribution in [0.15, 0.2) is 30.6 Å². The zero-order chi connectivity index (χ0) is 13.8. The summed E-state index contributed by atoms with van der Waals surface area (Å²) < 4.78 is 7.59. The van der Waals surface area contributed by atoms with Gasteiger partial charge in [-0.1, -0.05) is 23.8 Å². The van der Waals surface area contributed by atoms with Gasteiger partial charge in [0.05, 0.1) is 11.6 Å². The molecule has 0 saturated carbocycles. The number of benzene rings is 1. The molecule has 0 aliphatic heterocycles. The quantitative estimate of drug-likeness (QED) is 0.860. The summed E-state index contributed by atoms with van der Waals surface area (Å²) in [6, 6.07) is 5.29. The van der Waals surface area contributed by atoms with Gasteiger partial charge in [-0.05, 0) is 18.2 Å². The number of ether oxygens (including phenoxy) is 1. The van der Waals surface area contributed by atoms with Gasteiger partial charge in [0.25, 0.3) is 0 Å². The second-order valence-electron chi connectivity index (χ2n) is 4.06. The number of hydrogen-bond donors (Lipinski definition) is 1. The number of aromatic nitrogens is 2. The molecule has 0 amide bonds. The van der Waals surface area contributed by atoms with E-state index in [1.165, 1.54) is 0 Å². The first kappa shape index (κ1) is 13.8. The monoisotopic (exact) mass is 295 g/mol. The van der Waals surface area contributed by atoms with Crippen molar-refractivity contribution in [1.82, 2.24) is 9.55 Å². The van der Waals surface area contributed by atoms with E-state index in [0.717, 1.165) is 12.2 Å². The number of nitrogens with zero attached hydrogens (tertiary/aromatic N) is 2. The summed E-state index contributed by atoms with van der Waals surface area (Å²) in [5.74, 6) is 1.67. The fourth-order valence-electron chi connectivity index (χ4n) is 1.68. The highest BCUT2D eigenvalue weighted by molar-refractivity contribution is 7.80. The van der Waals surface area contributed by atoms with Gasteiger partial charge in [0.2, 0.25) is 0 Å². The van der Waals surface area contributed by atoms with Crippen LogP contribution in [0.25, 0.3) is 0 Å². The molecular weight excluding hydrogens is 282 g/mol. The molecule has 0 radical (unpaired) electrons. The number of hydrogen-bond acceptors (Lipinski definition) is 3. The standard InChI is InChI=1S/C13H14ClN3OS/c1-17-6-5-16-12(17)4-7-18-9-2-3-10(13(15)19)11(14)8-9/h2-3,5-6,8H,4,7H2,1H3,(H2,15,19). The molecule has 0 aliphatic rings. The normalized spacial score (nSPS) is 10.4. The van der Waals surface area contributed by atoms with Gasteiger partial charge in [0.1, 0.15) is 16.6 Å². The van der Waals surface area contributed by atoms with Crippen molar-refractivity contribution in [3.8, 4) is 5.75 Å². The van der Waals surface area contributed by atoms with Crippen LogP contribution in [0.1, 0.15) is 11.4 Å². The summed E-state index contributed by atoms with van der Waals surface area (Å²) in [4.78, 5) is 4.51. The number of rotatable bonds is 5. The third-order valence-corrected chi connectivity index (χ3v) is 3.25. The highest BCUT2D eigenvalue weighted by atomic mass is 35.5. The van der Waals surface area contributed by atoms with Gasteiger partial charge in [0.15, 0.2) is 0 Å². The fourth-order valence-corrected chi connectivity index (χ4v) is 2.19. The molecule has 0 unspecified atom stereocenters. The minimum atomic E-state index is 0.282. The molecule has 6 heteroatoms. The maximum atomic E-state index is 6.06. The highest BCUT2D eigenvalue weighted by Gasteiger charge is 2.05. The van der Waals surface area contributed by atoms with E-state index in [9.17, 15) is 0 Å². The lowest BCUT2D eigenvalue weighted by molar-refractivity contribution is 0.317. The van der Waals surface area contributed by atoms with Gasteiger partial charge in [-0.2, -0.15) is 0 Å². The lowest BCUT2D eigenvalue weighted by Crippen LogP contribution is -2.10. The van der Waals surface area contributed by atoms with Crippen LogP contribution in [0.3, 0.4) is 0 Å². The van der Waals surface area contributed by atoms with Crippen LogP contribution in [0.4, 0.5) is 0 Å². The molecule has 100 valence electrons. The third kappa shape index (κ3) is 3.45. The Labute approximate surface area is 122 Å². The second-order valence-corrected chi connectivity index (χ2v) is 4.91. The maximum Gasteiger partial charge on any atom is 0.120 e. The first-order valence-corrected chi connectivity index (χ1v) is 6.55. The van der Waals surface area contributed by atoms with Crippen molar-refractivity contribution in [3.63, 3.8) is 0 Å². The van der Waals surface area contributed by atoms with Crippen molar-refractivity contribution in [2.45, 2.75) is 6.42 Å². The lowest BCUT2D eigenvalue weighted by Gasteiger charge is -2.08. The van der Waals surface area contributed by atoms with Crippen LogP contribution < -0.4 is 10.5 Å². The van der Waals surface area contributed by atoms with Crippen LogP contribution in [-0.2, 0) is 13.5 Å². The molecule has 0 saturated heterocycles. The number of aryl methyl sites for hydroxylation is 1. The first-order chi connectivity index (χ1) is 9.08. The topological polar surface area (TPSA) is 53.1 Å². The van der Waals surface area contributed by atoms with Gasteiger partial charge in [-0.3, -0.25) is 0 Å². The first-order valence-electron chi connectivity index (χ1n) is 5.76. The van der Waals surface area contributed by atoms with E-state index < -0.39 is 0 Å². The average molecular weight is 296 g/mol. The molecule has 2 aromatic rings. The maximum absolute atomic E-state index is 6.06. The Hall–Kier alpha value is -1.59. The zero-order valence-corrected chi connectivity index (χ0v) is 12.0. The Morgan fingerprint density at radius 3 is 2.89 bits per heavy atom. The molecule has 4 nitrogen and oxygen atoms in total. The molecule has 2 rings (SSSR count). The molecule has 0 bridgehead atoms. The lowest BCUT2D eigenvalue weighted by atomic mass is 10.2. The Kier molecular flexibility index (Phi) is 4.39. The number of nitrogens with two attached hydrogens (primary N) is 1.